The van der Waals surface area contributed by atoms with Crippen molar-refractivity contribution in [2.24, 2.45) is 4.99 Å². The Bertz CT molecular complexity index is 806. The van der Waals surface area contributed by atoms with Crippen LogP contribution >= 0.6 is 0 Å². The normalized spacial score (nSPS) is 24.3. The number of hydrogen-bond acceptors (Lipinski definition) is 6. The molecular weight excluding hydrogens is 391 g/mol. The number of aliphatic carboxylic acids is 1. The van der Waals surface area contributed by atoms with E-state index in [0.717, 1.165) is 24.8 Å². The van der Waals surface area contributed by atoms with Crippen LogP contribution in [0, 0.1) is 0 Å². The molecule has 0 aromatic heterocycles. The zero-order chi connectivity index (χ0) is 21.0. The van der Waals surface area contributed by atoms with Gasteiger partial charge in [-0.05, 0) is 43.9 Å². The molecule has 10 heteroatoms. The molecular formula is C19H22F3N3O4. The lowest BCUT2D eigenvalue weighted by atomic mass is 9.98. The maximum Gasteiger partial charge on any atom is 0.573 e. The summed E-state index contributed by atoms with van der Waals surface area (Å²) in [6.45, 7) is 2.48. The van der Waals surface area contributed by atoms with Gasteiger partial charge in [0.25, 0.3) is 0 Å². The minimum Gasteiger partial charge on any atom is -0.477 e. The molecule has 2 aliphatic heterocycles. The zero-order valence-electron chi connectivity index (χ0n) is 15.8. The average Bonchev–Trinajstić information content (AvgIpc) is 2.66. The third-order valence-corrected chi connectivity index (χ3v) is 4.81. The van der Waals surface area contributed by atoms with E-state index in [1.165, 1.54) is 12.1 Å². The number of nitrogens with zero attached hydrogens (tertiary/aromatic N) is 1. The smallest absolute Gasteiger partial charge is 0.477 e. The Kier molecular flexibility index (Phi) is 6.43. The summed E-state index contributed by atoms with van der Waals surface area (Å²) in [6, 6.07) is 5.70. The van der Waals surface area contributed by atoms with Crippen LogP contribution < -0.4 is 15.6 Å². The standard InChI is InChI=1S/C19H22F3N3O4/c1-11-15(10-24-25-17(11)18(26)27)23-9-14-3-2-4-16(28-14)12-5-7-13(8-6-12)29-19(20,21)22/h5-8,14,16,24-25H,2-4,9-10H2,1H3,(H,26,27)/t14-,16+/m1/s1. The molecule has 2 heterocycles. The molecule has 7 nitrogen and oxygen atoms in total. The van der Waals surface area contributed by atoms with Crippen LogP contribution in [0.3, 0.4) is 0 Å². The number of nitrogens with one attached hydrogen (secondary N) is 2. The van der Waals surface area contributed by atoms with Gasteiger partial charge in [-0.3, -0.25) is 4.99 Å². The van der Waals surface area contributed by atoms with Crippen molar-refractivity contribution in [1.29, 1.82) is 0 Å². The molecule has 0 spiro atoms. The second kappa shape index (κ2) is 8.83. The molecule has 0 radical (unpaired) electrons. The number of halogens is 3. The van der Waals surface area contributed by atoms with E-state index < -0.39 is 12.3 Å². The third-order valence-electron chi connectivity index (χ3n) is 4.81. The van der Waals surface area contributed by atoms with Gasteiger partial charge in [-0.1, -0.05) is 12.1 Å². The highest BCUT2D eigenvalue weighted by molar-refractivity contribution is 6.07. The van der Waals surface area contributed by atoms with Crippen LogP contribution in [0.25, 0.3) is 0 Å². The van der Waals surface area contributed by atoms with Crippen LogP contribution in [0.5, 0.6) is 5.75 Å². The molecule has 1 saturated heterocycles. The summed E-state index contributed by atoms with van der Waals surface area (Å²) in [4.78, 5) is 15.7. The largest absolute Gasteiger partial charge is 0.573 e. The van der Waals surface area contributed by atoms with Crippen molar-refractivity contribution >= 4 is 11.7 Å². The van der Waals surface area contributed by atoms with Gasteiger partial charge in [-0.25, -0.2) is 10.2 Å². The van der Waals surface area contributed by atoms with E-state index in [1.807, 2.05) is 0 Å². The molecule has 1 aromatic carbocycles. The summed E-state index contributed by atoms with van der Waals surface area (Å²) in [7, 11) is 0. The van der Waals surface area contributed by atoms with E-state index in [1.54, 1.807) is 19.1 Å². The van der Waals surface area contributed by atoms with Crippen molar-refractivity contribution in [3.8, 4) is 5.75 Å². The Morgan fingerprint density at radius 3 is 2.69 bits per heavy atom. The van der Waals surface area contributed by atoms with Crippen LogP contribution in [-0.2, 0) is 9.53 Å². The van der Waals surface area contributed by atoms with E-state index >= 15 is 0 Å². The Morgan fingerprint density at radius 2 is 2.03 bits per heavy atom. The van der Waals surface area contributed by atoms with Gasteiger partial charge < -0.3 is 20.0 Å². The number of ether oxygens (including phenoxy) is 2. The minimum atomic E-state index is -4.72. The first-order chi connectivity index (χ1) is 13.7. The molecule has 3 rings (SSSR count). The summed E-state index contributed by atoms with van der Waals surface area (Å²) >= 11 is 0. The van der Waals surface area contributed by atoms with E-state index in [2.05, 4.69) is 20.6 Å². The van der Waals surface area contributed by atoms with Crippen molar-refractivity contribution in [3.05, 3.63) is 41.1 Å². The lowest BCUT2D eigenvalue weighted by Gasteiger charge is -2.30. The van der Waals surface area contributed by atoms with Crippen LogP contribution in [0.15, 0.2) is 40.5 Å². The Balaban J connectivity index is 1.62. The first kappa shape index (κ1) is 21.1. The van der Waals surface area contributed by atoms with Crippen molar-refractivity contribution in [2.45, 2.75) is 44.8 Å². The van der Waals surface area contributed by atoms with Crippen molar-refractivity contribution < 1.29 is 32.5 Å². The number of rotatable bonds is 5. The number of carboxylic acid groups (broad SMARTS) is 1. The second-order valence-corrected chi connectivity index (χ2v) is 6.87. The molecule has 0 unspecified atom stereocenters. The van der Waals surface area contributed by atoms with Gasteiger partial charge in [0.2, 0.25) is 0 Å². The summed E-state index contributed by atoms with van der Waals surface area (Å²) < 4.78 is 46.8. The maximum atomic E-state index is 12.3. The van der Waals surface area contributed by atoms with Crippen LogP contribution in [-0.4, -0.2) is 42.3 Å². The topological polar surface area (TPSA) is 92.2 Å². The molecule has 2 aliphatic rings. The monoisotopic (exact) mass is 413 g/mol. The first-order valence-electron chi connectivity index (χ1n) is 9.21. The SMILES string of the molecule is CC1=C(C(=O)O)NNCC1=NC[C@H]1CCC[C@@H](c2ccc(OC(F)(F)F)cc2)O1. The molecule has 0 aliphatic carbocycles. The van der Waals surface area contributed by atoms with Crippen molar-refractivity contribution in [3.63, 3.8) is 0 Å². The summed E-state index contributed by atoms with van der Waals surface area (Å²) in [5, 5.41) is 9.17. The van der Waals surface area contributed by atoms with Gasteiger partial charge in [0.15, 0.2) is 0 Å². The minimum absolute atomic E-state index is 0.0682. The van der Waals surface area contributed by atoms with Gasteiger partial charge in [0, 0.05) is 5.57 Å². The van der Waals surface area contributed by atoms with Gasteiger partial charge in [-0.15, -0.1) is 13.2 Å². The van der Waals surface area contributed by atoms with Gasteiger partial charge in [0.05, 0.1) is 31.0 Å². The zero-order valence-corrected chi connectivity index (χ0v) is 15.8. The first-order valence-corrected chi connectivity index (χ1v) is 9.21. The Hall–Kier alpha value is -2.59. The van der Waals surface area contributed by atoms with Gasteiger partial charge in [-0.2, -0.15) is 0 Å². The molecule has 2 atom stereocenters. The second-order valence-electron chi connectivity index (χ2n) is 6.87. The lowest BCUT2D eigenvalue weighted by Crippen LogP contribution is -2.44. The van der Waals surface area contributed by atoms with E-state index in [9.17, 15) is 23.1 Å². The third kappa shape index (κ3) is 5.70. The molecule has 1 fully saturated rings. The predicted octanol–water partition coefficient (Wildman–Crippen LogP) is 3.10. The van der Waals surface area contributed by atoms with Crippen molar-refractivity contribution in [1.82, 2.24) is 10.9 Å². The van der Waals surface area contributed by atoms with Gasteiger partial charge in [0.1, 0.15) is 11.4 Å². The summed E-state index contributed by atoms with van der Waals surface area (Å²) in [5.41, 5.74) is 7.49. The number of benzene rings is 1. The van der Waals surface area contributed by atoms with Crippen LogP contribution in [0.4, 0.5) is 13.2 Å². The predicted molar refractivity (Wildman–Crippen MR) is 98.4 cm³/mol. The van der Waals surface area contributed by atoms with E-state index in [4.69, 9.17) is 4.74 Å². The lowest BCUT2D eigenvalue weighted by molar-refractivity contribution is -0.274. The highest BCUT2D eigenvalue weighted by Crippen LogP contribution is 2.33. The fraction of sp³-hybridized carbons (Fsp3) is 0.474. The van der Waals surface area contributed by atoms with Crippen molar-refractivity contribution in [2.75, 3.05) is 13.1 Å². The number of hydrogen-bond donors (Lipinski definition) is 3. The fourth-order valence-corrected chi connectivity index (χ4v) is 3.35. The average molecular weight is 413 g/mol. The highest BCUT2D eigenvalue weighted by atomic mass is 19.4. The number of aliphatic imine (C=N–C) groups is 1. The summed E-state index contributed by atoms with van der Waals surface area (Å²) in [6.07, 6.45) is -2.63. The molecule has 3 N–H and O–H groups in total. The Labute approximate surface area is 165 Å². The fourth-order valence-electron chi connectivity index (χ4n) is 3.35. The van der Waals surface area contributed by atoms with E-state index in [-0.39, 0.29) is 23.7 Å². The Morgan fingerprint density at radius 1 is 1.31 bits per heavy atom. The molecule has 0 saturated carbocycles. The number of carbonyl (C=O) groups is 1. The summed E-state index contributed by atoms with van der Waals surface area (Å²) in [5.74, 6) is -1.33. The van der Waals surface area contributed by atoms with Crippen LogP contribution in [0.1, 0.15) is 37.9 Å². The maximum absolute atomic E-state index is 12.3. The van der Waals surface area contributed by atoms with E-state index in [0.29, 0.717) is 24.4 Å². The molecule has 1 aromatic rings. The van der Waals surface area contributed by atoms with Gasteiger partial charge >= 0.3 is 12.3 Å². The molecule has 0 amide bonds. The number of alkyl halides is 3. The number of carboxylic acids is 1. The highest BCUT2D eigenvalue weighted by Gasteiger charge is 2.31. The molecule has 158 valence electrons. The van der Waals surface area contributed by atoms with Crippen LogP contribution in [0.2, 0.25) is 0 Å². The molecule has 29 heavy (non-hydrogen) atoms. The number of hydrazine groups is 1. The quantitative estimate of drug-likeness (QED) is 0.687. The molecule has 0 bridgehead atoms.